The number of carbonyl (C=O) groups excluding carboxylic acids is 2. The molecule has 0 saturated carbocycles. The molecule has 0 spiro atoms. The van der Waals surface area contributed by atoms with Gasteiger partial charge in [-0.1, -0.05) is 15.9 Å². The lowest BCUT2D eigenvalue weighted by atomic mass is 10.1. The average molecular weight is 399 g/mol. The molecule has 0 radical (unpaired) electrons. The number of esters is 2. The second kappa shape index (κ2) is 6.23. The maximum Gasteiger partial charge on any atom is 0.350 e. The summed E-state index contributed by atoms with van der Waals surface area (Å²) in [7, 11) is 0. The molecule has 24 heavy (non-hydrogen) atoms. The number of anilines is 1. The minimum atomic E-state index is -1.35. The number of nitro benzene ring substituents is 1. The van der Waals surface area contributed by atoms with E-state index in [-0.39, 0.29) is 16.9 Å². The van der Waals surface area contributed by atoms with E-state index in [2.05, 4.69) is 21.2 Å². The Kier molecular flexibility index (Phi) is 4.66. The number of nitrogens with zero attached hydrogens (tertiary/aromatic N) is 1. The van der Waals surface area contributed by atoms with Crippen molar-refractivity contribution >= 4 is 39.2 Å². The van der Waals surface area contributed by atoms with Crippen LogP contribution in [0.15, 0.2) is 22.3 Å². The third-order valence-electron chi connectivity index (χ3n) is 3.49. The van der Waals surface area contributed by atoms with Crippen LogP contribution in [-0.2, 0) is 19.1 Å². The topological polar surface area (TPSA) is 108 Å². The third kappa shape index (κ3) is 3.40. The zero-order chi connectivity index (χ0) is 18.2. The minimum absolute atomic E-state index is 0.179. The van der Waals surface area contributed by atoms with E-state index in [1.54, 1.807) is 13.8 Å². The summed E-state index contributed by atoms with van der Waals surface area (Å²) < 4.78 is 10.5. The number of ether oxygens (including phenoxy) is 2. The van der Waals surface area contributed by atoms with Gasteiger partial charge in [-0.15, -0.1) is 0 Å². The van der Waals surface area contributed by atoms with Crippen LogP contribution in [0, 0.1) is 24.0 Å². The molecular formula is C15H15BrN2O6. The Morgan fingerprint density at radius 1 is 1.21 bits per heavy atom. The third-order valence-corrected chi connectivity index (χ3v) is 4.31. The highest BCUT2D eigenvalue weighted by atomic mass is 79.9. The first-order valence-corrected chi connectivity index (χ1v) is 7.70. The number of benzene rings is 1. The molecule has 1 saturated heterocycles. The fourth-order valence-electron chi connectivity index (χ4n) is 2.11. The van der Waals surface area contributed by atoms with Gasteiger partial charge in [0.2, 0.25) is 0 Å². The van der Waals surface area contributed by atoms with Gasteiger partial charge in [-0.25, -0.2) is 9.59 Å². The lowest BCUT2D eigenvalue weighted by Gasteiger charge is -2.29. The predicted octanol–water partition coefficient (Wildman–Crippen LogP) is 3.11. The van der Waals surface area contributed by atoms with Crippen molar-refractivity contribution in [1.82, 2.24) is 0 Å². The zero-order valence-electron chi connectivity index (χ0n) is 13.4. The molecule has 1 heterocycles. The number of cyclic esters (lactones) is 2. The van der Waals surface area contributed by atoms with Crippen molar-refractivity contribution in [2.24, 2.45) is 0 Å². The fraction of sp³-hybridized carbons (Fsp3) is 0.333. The van der Waals surface area contributed by atoms with E-state index in [1.165, 1.54) is 19.9 Å². The lowest BCUT2D eigenvalue weighted by Crippen LogP contribution is -2.42. The monoisotopic (exact) mass is 398 g/mol. The first kappa shape index (κ1) is 17.9. The van der Waals surface area contributed by atoms with Crippen molar-refractivity contribution in [1.29, 1.82) is 0 Å². The van der Waals surface area contributed by atoms with Crippen LogP contribution in [0.3, 0.4) is 0 Å². The minimum Gasteiger partial charge on any atom is -0.419 e. The van der Waals surface area contributed by atoms with Crippen LogP contribution in [0.5, 0.6) is 0 Å². The van der Waals surface area contributed by atoms with Crippen LogP contribution in [0.4, 0.5) is 11.4 Å². The molecule has 0 bridgehead atoms. The predicted molar refractivity (Wildman–Crippen MR) is 88.2 cm³/mol. The molecule has 1 aliphatic rings. The van der Waals surface area contributed by atoms with Crippen LogP contribution in [0.2, 0.25) is 0 Å². The first-order valence-electron chi connectivity index (χ1n) is 6.91. The summed E-state index contributed by atoms with van der Waals surface area (Å²) in [4.78, 5) is 34.5. The largest absolute Gasteiger partial charge is 0.419 e. The summed E-state index contributed by atoms with van der Waals surface area (Å²) in [5, 5.41) is 13.9. The maximum atomic E-state index is 11.9. The van der Waals surface area contributed by atoms with Gasteiger partial charge in [-0.2, -0.15) is 0 Å². The molecule has 1 fully saturated rings. The van der Waals surface area contributed by atoms with E-state index >= 15 is 0 Å². The van der Waals surface area contributed by atoms with Gasteiger partial charge in [-0.3, -0.25) is 10.1 Å². The van der Waals surface area contributed by atoms with Gasteiger partial charge in [-0.05, 0) is 25.0 Å². The molecule has 0 aromatic heterocycles. The molecule has 1 N–H and O–H groups in total. The maximum absolute atomic E-state index is 11.9. The molecular weight excluding hydrogens is 384 g/mol. The summed E-state index contributed by atoms with van der Waals surface area (Å²) in [6.45, 7) is 6.34. The molecule has 1 aromatic carbocycles. The second-order valence-corrected chi connectivity index (χ2v) is 6.50. The molecule has 9 heteroatoms. The van der Waals surface area contributed by atoms with Crippen molar-refractivity contribution < 1.29 is 24.0 Å². The molecule has 0 unspecified atom stereocenters. The summed E-state index contributed by atoms with van der Waals surface area (Å²) in [5.74, 6) is -3.07. The Morgan fingerprint density at radius 3 is 2.25 bits per heavy atom. The SMILES string of the molecule is Cc1c(Br)cc([N+](=O)[O-])c(NC=C2C(=O)OC(C)(C)OC2=O)c1C. The highest BCUT2D eigenvalue weighted by Gasteiger charge is 2.39. The number of hydrogen-bond acceptors (Lipinski definition) is 7. The number of hydrogen-bond donors (Lipinski definition) is 1. The van der Waals surface area contributed by atoms with Crippen molar-refractivity contribution in [3.8, 4) is 0 Å². The molecule has 8 nitrogen and oxygen atoms in total. The average Bonchev–Trinajstić information content (AvgIpc) is 2.44. The van der Waals surface area contributed by atoms with E-state index < -0.39 is 22.6 Å². The fourth-order valence-corrected chi connectivity index (χ4v) is 2.62. The zero-order valence-corrected chi connectivity index (χ0v) is 15.0. The summed E-state index contributed by atoms with van der Waals surface area (Å²) in [6, 6.07) is 1.35. The number of rotatable bonds is 3. The van der Waals surface area contributed by atoms with Gasteiger partial charge in [0.05, 0.1) is 4.92 Å². The number of halogens is 1. The normalized spacial score (nSPS) is 16.3. The van der Waals surface area contributed by atoms with Crippen LogP contribution < -0.4 is 5.32 Å². The molecule has 1 aromatic rings. The molecule has 0 aliphatic carbocycles. The Labute approximate surface area is 146 Å². The van der Waals surface area contributed by atoms with E-state index in [0.717, 1.165) is 11.8 Å². The van der Waals surface area contributed by atoms with Gasteiger partial charge in [0.25, 0.3) is 11.5 Å². The summed E-state index contributed by atoms with van der Waals surface area (Å²) in [5.41, 5.74) is 1.00. The van der Waals surface area contributed by atoms with Crippen LogP contribution in [0.25, 0.3) is 0 Å². The number of carbonyl (C=O) groups is 2. The molecule has 0 atom stereocenters. The highest BCUT2D eigenvalue weighted by Crippen LogP contribution is 2.35. The molecule has 2 rings (SSSR count). The lowest BCUT2D eigenvalue weighted by molar-refractivity contribution is -0.384. The van der Waals surface area contributed by atoms with Crippen LogP contribution >= 0.6 is 15.9 Å². The van der Waals surface area contributed by atoms with Gasteiger partial charge in [0.1, 0.15) is 5.69 Å². The van der Waals surface area contributed by atoms with Gasteiger partial charge in [0, 0.05) is 30.6 Å². The summed E-state index contributed by atoms with van der Waals surface area (Å²) >= 11 is 3.26. The van der Waals surface area contributed by atoms with Crippen molar-refractivity contribution in [3.63, 3.8) is 0 Å². The van der Waals surface area contributed by atoms with E-state index in [9.17, 15) is 19.7 Å². The quantitative estimate of drug-likeness (QED) is 0.274. The van der Waals surface area contributed by atoms with Gasteiger partial charge in [0.15, 0.2) is 5.57 Å². The second-order valence-electron chi connectivity index (χ2n) is 5.64. The van der Waals surface area contributed by atoms with Crippen LogP contribution in [0.1, 0.15) is 25.0 Å². The first-order chi connectivity index (χ1) is 11.0. The van der Waals surface area contributed by atoms with Gasteiger partial charge >= 0.3 is 11.9 Å². The van der Waals surface area contributed by atoms with E-state index in [1.807, 2.05) is 0 Å². The van der Waals surface area contributed by atoms with Crippen LogP contribution in [-0.4, -0.2) is 22.6 Å². The van der Waals surface area contributed by atoms with Crippen molar-refractivity contribution in [3.05, 3.63) is 43.6 Å². The Hall–Kier alpha value is -2.42. The van der Waals surface area contributed by atoms with E-state index in [4.69, 9.17) is 9.47 Å². The standard InChI is InChI=1S/C15H15BrN2O6/c1-7-8(2)12(11(18(21)22)5-10(7)16)17-6-9-13(19)23-15(3,4)24-14(9)20/h5-6,17H,1-4H3. The van der Waals surface area contributed by atoms with Crippen molar-refractivity contribution in [2.75, 3.05) is 5.32 Å². The number of nitro groups is 1. The summed E-state index contributed by atoms with van der Waals surface area (Å²) in [6.07, 6.45) is 1.06. The Bertz CT molecular complexity index is 763. The van der Waals surface area contributed by atoms with Crippen molar-refractivity contribution in [2.45, 2.75) is 33.5 Å². The van der Waals surface area contributed by atoms with Gasteiger partial charge < -0.3 is 14.8 Å². The molecule has 1 aliphatic heterocycles. The smallest absolute Gasteiger partial charge is 0.350 e. The van der Waals surface area contributed by atoms with E-state index in [0.29, 0.717) is 10.0 Å². The molecule has 128 valence electrons. The Morgan fingerprint density at radius 2 is 1.75 bits per heavy atom. The highest BCUT2D eigenvalue weighted by molar-refractivity contribution is 9.10. The number of nitrogens with one attached hydrogen (secondary N) is 1. The molecule has 0 amide bonds. The Balaban J connectivity index is 2.42.